The fraction of sp³-hybridized carbons (Fsp3) is 0.526. The van der Waals surface area contributed by atoms with Gasteiger partial charge in [0.15, 0.2) is 0 Å². The molecule has 3 rings (SSSR count). The van der Waals surface area contributed by atoms with Crippen LogP contribution in [0.4, 0.5) is 9.18 Å². The van der Waals surface area contributed by atoms with Gasteiger partial charge in [-0.15, -0.1) is 0 Å². The van der Waals surface area contributed by atoms with Gasteiger partial charge in [-0.3, -0.25) is 14.5 Å². The molecule has 2 heterocycles. The van der Waals surface area contributed by atoms with Crippen molar-refractivity contribution in [2.75, 3.05) is 19.6 Å². The highest BCUT2D eigenvalue weighted by molar-refractivity contribution is 6.09. The van der Waals surface area contributed by atoms with E-state index in [-0.39, 0.29) is 12.5 Å². The van der Waals surface area contributed by atoms with E-state index in [2.05, 4.69) is 5.32 Å². The van der Waals surface area contributed by atoms with Crippen molar-refractivity contribution in [2.45, 2.75) is 44.6 Å². The van der Waals surface area contributed by atoms with Gasteiger partial charge in [0, 0.05) is 13.1 Å². The van der Waals surface area contributed by atoms with Crippen molar-refractivity contribution < 1.29 is 18.8 Å². The summed E-state index contributed by atoms with van der Waals surface area (Å²) in [4.78, 5) is 40.7. The van der Waals surface area contributed by atoms with Crippen LogP contribution in [0.15, 0.2) is 24.3 Å². The zero-order valence-electron chi connectivity index (χ0n) is 15.0. The van der Waals surface area contributed by atoms with Crippen LogP contribution in [-0.2, 0) is 15.1 Å². The molecule has 140 valence electrons. The van der Waals surface area contributed by atoms with Gasteiger partial charge in [-0.1, -0.05) is 31.9 Å². The zero-order chi connectivity index (χ0) is 18.7. The lowest BCUT2D eigenvalue weighted by atomic mass is 9.85. The lowest BCUT2D eigenvalue weighted by Gasteiger charge is -2.27. The molecule has 7 heteroatoms. The number of imide groups is 1. The standard InChI is InChI=1S/C19H24FN3O3/c1-2-3-10-19(14-6-8-15(20)9-7-14)17(25)23(18(26)21-19)13-16(24)22-11-4-5-12-22/h6-9H,2-5,10-13H2,1H3,(H,21,26)/t19-/m0/s1. The van der Waals surface area contributed by atoms with Crippen molar-refractivity contribution in [2.24, 2.45) is 0 Å². The van der Waals surface area contributed by atoms with Crippen LogP contribution in [0.1, 0.15) is 44.6 Å². The Morgan fingerprint density at radius 3 is 2.46 bits per heavy atom. The van der Waals surface area contributed by atoms with Gasteiger partial charge in [-0.2, -0.15) is 0 Å². The predicted octanol–water partition coefficient (Wildman–Crippen LogP) is 2.39. The number of amides is 4. The lowest BCUT2D eigenvalue weighted by molar-refractivity contribution is -0.138. The summed E-state index contributed by atoms with van der Waals surface area (Å²) in [7, 11) is 0. The van der Waals surface area contributed by atoms with Gasteiger partial charge >= 0.3 is 6.03 Å². The number of hydrogen-bond donors (Lipinski definition) is 1. The minimum atomic E-state index is -1.23. The Morgan fingerprint density at radius 1 is 1.19 bits per heavy atom. The Bertz CT molecular complexity index is 700. The molecule has 0 aromatic heterocycles. The number of rotatable bonds is 6. The minimum absolute atomic E-state index is 0.212. The van der Waals surface area contributed by atoms with Gasteiger partial charge in [-0.25, -0.2) is 9.18 Å². The van der Waals surface area contributed by atoms with Crippen molar-refractivity contribution in [3.8, 4) is 0 Å². The van der Waals surface area contributed by atoms with E-state index in [1.54, 1.807) is 4.90 Å². The van der Waals surface area contributed by atoms with Gasteiger partial charge in [0.05, 0.1) is 0 Å². The second kappa shape index (κ2) is 7.43. The summed E-state index contributed by atoms with van der Waals surface area (Å²) in [5, 5.41) is 2.78. The van der Waals surface area contributed by atoms with Gasteiger partial charge in [0.2, 0.25) is 5.91 Å². The van der Waals surface area contributed by atoms with Crippen molar-refractivity contribution >= 4 is 17.8 Å². The number of halogens is 1. The van der Waals surface area contributed by atoms with E-state index >= 15 is 0 Å². The van der Waals surface area contributed by atoms with Crippen molar-refractivity contribution in [1.82, 2.24) is 15.1 Å². The number of urea groups is 1. The van der Waals surface area contributed by atoms with E-state index in [0.717, 1.165) is 30.6 Å². The van der Waals surface area contributed by atoms with Crippen LogP contribution >= 0.6 is 0 Å². The molecule has 0 saturated carbocycles. The van der Waals surface area contributed by atoms with Gasteiger partial charge < -0.3 is 10.2 Å². The summed E-state index contributed by atoms with van der Waals surface area (Å²) in [5.41, 5.74) is -0.687. The third-order valence-corrected chi connectivity index (χ3v) is 5.17. The SMILES string of the molecule is CCCC[C@@]1(c2ccc(F)cc2)NC(=O)N(CC(=O)N2CCCC2)C1=O. The summed E-state index contributed by atoms with van der Waals surface area (Å²) in [6, 6.07) is 5.04. The molecular weight excluding hydrogens is 337 g/mol. The largest absolute Gasteiger partial charge is 0.341 e. The number of nitrogens with zero attached hydrogens (tertiary/aromatic N) is 2. The van der Waals surface area contributed by atoms with Gasteiger partial charge in [0.1, 0.15) is 17.9 Å². The van der Waals surface area contributed by atoms with Gasteiger partial charge in [-0.05, 0) is 37.0 Å². The maximum atomic E-state index is 13.3. The number of hydrogen-bond acceptors (Lipinski definition) is 3. The van der Waals surface area contributed by atoms with Crippen LogP contribution in [0.3, 0.4) is 0 Å². The molecule has 1 aromatic carbocycles. The fourth-order valence-corrected chi connectivity index (χ4v) is 3.66. The van der Waals surface area contributed by atoms with Crippen molar-refractivity contribution in [3.63, 3.8) is 0 Å². The van der Waals surface area contributed by atoms with E-state index < -0.39 is 23.3 Å². The quantitative estimate of drug-likeness (QED) is 0.791. The maximum Gasteiger partial charge on any atom is 0.325 e. The third-order valence-electron chi connectivity index (χ3n) is 5.17. The average Bonchev–Trinajstić information content (AvgIpc) is 3.24. The molecule has 4 amide bonds. The first-order chi connectivity index (χ1) is 12.5. The summed E-state index contributed by atoms with van der Waals surface area (Å²) in [6.45, 7) is 3.08. The molecule has 0 radical (unpaired) electrons. The molecule has 1 N–H and O–H groups in total. The third kappa shape index (κ3) is 3.30. The highest BCUT2D eigenvalue weighted by Gasteiger charge is 2.52. The smallest absolute Gasteiger partial charge is 0.325 e. The van der Waals surface area contributed by atoms with E-state index in [9.17, 15) is 18.8 Å². The monoisotopic (exact) mass is 361 g/mol. The molecule has 2 fully saturated rings. The summed E-state index contributed by atoms with van der Waals surface area (Å²) >= 11 is 0. The van der Waals surface area contributed by atoms with Crippen molar-refractivity contribution in [1.29, 1.82) is 0 Å². The number of carbonyl (C=O) groups is 3. The predicted molar refractivity (Wildman–Crippen MR) is 93.7 cm³/mol. The lowest BCUT2D eigenvalue weighted by Crippen LogP contribution is -2.45. The Hall–Kier alpha value is -2.44. The minimum Gasteiger partial charge on any atom is -0.341 e. The highest BCUT2D eigenvalue weighted by atomic mass is 19.1. The van der Waals surface area contributed by atoms with Crippen LogP contribution in [0, 0.1) is 5.82 Å². The Labute approximate surface area is 152 Å². The molecule has 0 aliphatic carbocycles. The second-order valence-electron chi connectivity index (χ2n) is 6.93. The Kier molecular flexibility index (Phi) is 5.25. The van der Waals surface area contributed by atoms with E-state index in [0.29, 0.717) is 25.1 Å². The molecule has 2 aliphatic rings. The fourth-order valence-electron chi connectivity index (χ4n) is 3.66. The van der Waals surface area contributed by atoms with Gasteiger partial charge in [0.25, 0.3) is 5.91 Å². The van der Waals surface area contributed by atoms with Crippen LogP contribution in [-0.4, -0.2) is 47.3 Å². The zero-order valence-corrected chi connectivity index (χ0v) is 15.0. The molecule has 1 atom stereocenters. The average molecular weight is 361 g/mol. The number of carbonyl (C=O) groups excluding carboxylic acids is 3. The van der Waals surface area contributed by atoms with Crippen LogP contribution < -0.4 is 5.32 Å². The summed E-state index contributed by atoms with van der Waals surface area (Å²) in [5.74, 6) is -1.05. The summed E-state index contributed by atoms with van der Waals surface area (Å²) in [6.07, 6.45) is 3.87. The molecule has 0 unspecified atom stereocenters. The molecule has 2 saturated heterocycles. The van der Waals surface area contributed by atoms with Crippen LogP contribution in [0.25, 0.3) is 0 Å². The van der Waals surface area contributed by atoms with Crippen molar-refractivity contribution in [3.05, 3.63) is 35.6 Å². The first kappa shape index (κ1) is 18.4. The first-order valence-corrected chi connectivity index (χ1v) is 9.16. The van der Waals surface area contributed by atoms with E-state index in [1.165, 1.54) is 24.3 Å². The molecular formula is C19H24FN3O3. The first-order valence-electron chi connectivity index (χ1n) is 9.16. The van der Waals surface area contributed by atoms with E-state index in [4.69, 9.17) is 0 Å². The molecule has 0 bridgehead atoms. The number of benzene rings is 1. The number of unbranched alkanes of at least 4 members (excludes halogenated alkanes) is 1. The molecule has 6 nitrogen and oxygen atoms in total. The molecule has 1 aromatic rings. The second-order valence-corrected chi connectivity index (χ2v) is 6.93. The number of nitrogens with one attached hydrogen (secondary N) is 1. The normalized spacial score (nSPS) is 22.8. The Morgan fingerprint density at radius 2 is 1.85 bits per heavy atom. The van der Waals surface area contributed by atoms with Crippen LogP contribution in [0.2, 0.25) is 0 Å². The molecule has 2 aliphatic heterocycles. The van der Waals surface area contributed by atoms with E-state index in [1.807, 2.05) is 6.92 Å². The maximum absolute atomic E-state index is 13.3. The topological polar surface area (TPSA) is 69.7 Å². The number of likely N-dealkylation sites (tertiary alicyclic amines) is 1. The summed E-state index contributed by atoms with van der Waals surface area (Å²) < 4.78 is 13.3. The Balaban J connectivity index is 1.86. The highest BCUT2D eigenvalue weighted by Crippen LogP contribution is 2.34. The van der Waals surface area contributed by atoms with Crippen LogP contribution in [0.5, 0.6) is 0 Å². The molecule has 26 heavy (non-hydrogen) atoms. The molecule has 0 spiro atoms.